The van der Waals surface area contributed by atoms with Crippen LogP contribution in [0, 0.1) is 13.8 Å². The van der Waals surface area contributed by atoms with Gasteiger partial charge < -0.3 is 9.73 Å². The van der Waals surface area contributed by atoms with Crippen LogP contribution in [0.1, 0.15) is 21.5 Å². The summed E-state index contributed by atoms with van der Waals surface area (Å²) >= 11 is 0. The quantitative estimate of drug-likeness (QED) is 0.433. The summed E-state index contributed by atoms with van der Waals surface area (Å²) in [6.45, 7) is 3.79. The maximum atomic E-state index is 12.7. The Hall–Kier alpha value is -3.91. The lowest BCUT2D eigenvalue weighted by Crippen LogP contribution is -2.14. The van der Waals surface area contributed by atoms with Gasteiger partial charge in [-0.05, 0) is 73.5 Å². The molecule has 7 nitrogen and oxygen atoms in total. The SMILES string of the molecule is Cc1ccc(S(=O)(=O)Nc2ccc(C(=O)Nc3cccc(-c4cnco4)c3)cc2)cc1C. The largest absolute Gasteiger partial charge is 0.444 e. The zero-order valence-electron chi connectivity index (χ0n) is 17.5. The van der Waals surface area contributed by atoms with E-state index in [-0.39, 0.29) is 10.8 Å². The molecule has 4 aromatic rings. The highest BCUT2D eigenvalue weighted by molar-refractivity contribution is 7.92. The van der Waals surface area contributed by atoms with Crippen molar-refractivity contribution in [3.63, 3.8) is 0 Å². The van der Waals surface area contributed by atoms with Crippen LogP contribution < -0.4 is 10.0 Å². The van der Waals surface area contributed by atoms with Crippen molar-refractivity contribution >= 4 is 27.3 Å². The number of benzene rings is 3. The predicted molar refractivity (Wildman–Crippen MR) is 123 cm³/mol. The Morgan fingerprint density at radius 3 is 2.38 bits per heavy atom. The first kappa shape index (κ1) is 21.3. The highest BCUT2D eigenvalue weighted by atomic mass is 32.2. The van der Waals surface area contributed by atoms with Crippen LogP contribution in [-0.4, -0.2) is 19.3 Å². The van der Waals surface area contributed by atoms with Crippen molar-refractivity contribution in [2.75, 3.05) is 10.0 Å². The molecule has 0 unspecified atom stereocenters. The minimum absolute atomic E-state index is 0.189. The third-order valence-electron chi connectivity index (χ3n) is 5.03. The van der Waals surface area contributed by atoms with Crippen LogP contribution in [0.25, 0.3) is 11.3 Å². The first-order chi connectivity index (χ1) is 15.3. The van der Waals surface area contributed by atoms with Crippen molar-refractivity contribution in [1.29, 1.82) is 0 Å². The molecule has 4 rings (SSSR count). The number of oxazole rings is 1. The van der Waals surface area contributed by atoms with E-state index in [0.29, 0.717) is 22.7 Å². The first-order valence-corrected chi connectivity index (χ1v) is 11.3. The first-order valence-electron chi connectivity index (χ1n) is 9.82. The molecule has 0 bridgehead atoms. The number of hydrogen-bond donors (Lipinski definition) is 2. The van der Waals surface area contributed by atoms with Gasteiger partial charge in [0.05, 0.1) is 11.1 Å². The Kier molecular flexibility index (Phi) is 5.79. The Balaban J connectivity index is 1.46. The van der Waals surface area contributed by atoms with E-state index in [1.165, 1.54) is 6.39 Å². The number of sulfonamides is 1. The average Bonchev–Trinajstić information content (AvgIpc) is 3.31. The number of nitrogens with one attached hydrogen (secondary N) is 2. The molecule has 32 heavy (non-hydrogen) atoms. The van der Waals surface area contributed by atoms with Crippen molar-refractivity contribution in [2.24, 2.45) is 0 Å². The Morgan fingerprint density at radius 2 is 1.69 bits per heavy atom. The van der Waals surface area contributed by atoms with Gasteiger partial charge in [0.2, 0.25) is 0 Å². The Bertz CT molecular complexity index is 1360. The van der Waals surface area contributed by atoms with E-state index in [1.807, 2.05) is 19.9 Å². The monoisotopic (exact) mass is 447 g/mol. The number of anilines is 2. The molecule has 8 heteroatoms. The smallest absolute Gasteiger partial charge is 0.261 e. The van der Waals surface area contributed by atoms with Gasteiger partial charge in [-0.2, -0.15) is 0 Å². The summed E-state index contributed by atoms with van der Waals surface area (Å²) in [6, 6.07) is 18.4. The minimum Gasteiger partial charge on any atom is -0.444 e. The van der Waals surface area contributed by atoms with Crippen LogP contribution in [0.5, 0.6) is 0 Å². The Labute approximate surface area is 186 Å². The molecule has 0 fully saturated rings. The van der Waals surface area contributed by atoms with E-state index >= 15 is 0 Å². The molecular formula is C24H21N3O4S. The zero-order chi connectivity index (χ0) is 22.7. The van der Waals surface area contributed by atoms with Gasteiger partial charge >= 0.3 is 0 Å². The predicted octanol–water partition coefficient (Wildman–Crippen LogP) is 5.01. The van der Waals surface area contributed by atoms with Gasteiger partial charge in [0.25, 0.3) is 15.9 Å². The van der Waals surface area contributed by atoms with Gasteiger partial charge in [0.15, 0.2) is 12.2 Å². The summed E-state index contributed by atoms with van der Waals surface area (Å²) in [5, 5.41) is 2.83. The fourth-order valence-corrected chi connectivity index (χ4v) is 4.24. The number of aromatic nitrogens is 1. The highest BCUT2D eigenvalue weighted by Gasteiger charge is 2.15. The van der Waals surface area contributed by atoms with Crippen LogP contribution in [-0.2, 0) is 10.0 Å². The molecule has 2 N–H and O–H groups in total. The van der Waals surface area contributed by atoms with Crippen LogP contribution in [0.3, 0.4) is 0 Å². The normalized spacial score (nSPS) is 11.2. The second kappa shape index (κ2) is 8.68. The van der Waals surface area contributed by atoms with Gasteiger partial charge in [-0.25, -0.2) is 13.4 Å². The van der Waals surface area contributed by atoms with Crippen molar-refractivity contribution in [2.45, 2.75) is 18.7 Å². The van der Waals surface area contributed by atoms with Gasteiger partial charge in [-0.15, -0.1) is 0 Å². The van der Waals surface area contributed by atoms with Crippen LogP contribution in [0.4, 0.5) is 11.4 Å². The standard InChI is InChI=1S/C24H21N3O4S/c1-16-6-11-22(12-17(16)2)32(29,30)27-20-9-7-18(8-10-20)24(28)26-21-5-3-4-19(13-21)23-14-25-15-31-23/h3-15,27H,1-2H3,(H,26,28). The lowest BCUT2D eigenvalue weighted by molar-refractivity contribution is 0.102. The molecule has 0 radical (unpaired) electrons. The molecule has 0 aliphatic rings. The van der Waals surface area contributed by atoms with Crippen LogP contribution >= 0.6 is 0 Å². The number of aryl methyl sites for hydroxylation is 2. The Morgan fingerprint density at radius 1 is 0.906 bits per heavy atom. The van der Waals surface area contributed by atoms with E-state index in [9.17, 15) is 13.2 Å². The molecule has 1 heterocycles. The van der Waals surface area contributed by atoms with Crippen molar-refractivity contribution in [3.8, 4) is 11.3 Å². The fourth-order valence-electron chi connectivity index (χ4n) is 3.10. The second-order valence-corrected chi connectivity index (χ2v) is 9.01. The lowest BCUT2D eigenvalue weighted by atomic mass is 10.1. The number of carbonyl (C=O) groups excluding carboxylic acids is 1. The molecule has 0 saturated heterocycles. The number of amides is 1. The van der Waals surface area contributed by atoms with Gasteiger partial charge in [-0.3, -0.25) is 9.52 Å². The molecule has 0 saturated carbocycles. The number of nitrogens with zero attached hydrogens (tertiary/aromatic N) is 1. The molecule has 1 amide bonds. The highest BCUT2D eigenvalue weighted by Crippen LogP contribution is 2.23. The molecule has 0 atom stereocenters. The summed E-state index contributed by atoms with van der Waals surface area (Å²) in [7, 11) is -3.73. The number of rotatable bonds is 6. The maximum Gasteiger partial charge on any atom is 0.261 e. The molecule has 0 aliphatic heterocycles. The number of hydrogen-bond acceptors (Lipinski definition) is 5. The third-order valence-corrected chi connectivity index (χ3v) is 6.40. The van der Waals surface area contributed by atoms with Crippen molar-refractivity contribution in [3.05, 3.63) is 96.0 Å². The molecule has 0 spiro atoms. The van der Waals surface area contributed by atoms with Crippen molar-refractivity contribution in [1.82, 2.24) is 4.98 Å². The summed E-state index contributed by atoms with van der Waals surface area (Å²) in [6.07, 6.45) is 2.94. The van der Waals surface area contributed by atoms with Crippen LogP contribution in [0.15, 0.2) is 88.6 Å². The minimum atomic E-state index is -3.73. The average molecular weight is 448 g/mol. The maximum absolute atomic E-state index is 12.7. The summed E-state index contributed by atoms with van der Waals surface area (Å²) in [5.41, 5.74) is 4.06. The summed E-state index contributed by atoms with van der Waals surface area (Å²) < 4.78 is 33.1. The van der Waals surface area contributed by atoms with E-state index in [0.717, 1.165) is 16.7 Å². The van der Waals surface area contributed by atoms with E-state index in [2.05, 4.69) is 15.0 Å². The van der Waals surface area contributed by atoms with Gasteiger partial charge in [0, 0.05) is 22.5 Å². The van der Waals surface area contributed by atoms with E-state index < -0.39 is 10.0 Å². The van der Waals surface area contributed by atoms with Crippen molar-refractivity contribution < 1.29 is 17.6 Å². The van der Waals surface area contributed by atoms with Crippen LogP contribution in [0.2, 0.25) is 0 Å². The summed E-state index contributed by atoms with van der Waals surface area (Å²) in [5.74, 6) is 0.282. The third kappa shape index (κ3) is 4.70. The van der Waals surface area contributed by atoms with Gasteiger partial charge in [-0.1, -0.05) is 18.2 Å². The topological polar surface area (TPSA) is 101 Å². The lowest BCUT2D eigenvalue weighted by Gasteiger charge is -2.11. The molecular weight excluding hydrogens is 426 g/mol. The molecule has 3 aromatic carbocycles. The molecule has 162 valence electrons. The number of carbonyl (C=O) groups is 1. The second-order valence-electron chi connectivity index (χ2n) is 7.33. The zero-order valence-corrected chi connectivity index (χ0v) is 18.3. The fraction of sp³-hybridized carbons (Fsp3) is 0.0833. The van der Waals surface area contributed by atoms with E-state index in [1.54, 1.807) is 66.9 Å². The summed E-state index contributed by atoms with van der Waals surface area (Å²) in [4.78, 5) is 16.7. The molecule has 0 aliphatic carbocycles. The van der Waals surface area contributed by atoms with E-state index in [4.69, 9.17) is 4.42 Å². The van der Waals surface area contributed by atoms with Gasteiger partial charge in [0.1, 0.15) is 0 Å². The molecule has 1 aromatic heterocycles.